The summed E-state index contributed by atoms with van der Waals surface area (Å²) < 4.78 is 12.0. The van der Waals surface area contributed by atoms with Gasteiger partial charge < -0.3 is 25.6 Å². The Labute approximate surface area is 113 Å². The molecule has 18 heavy (non-hydrogen) atoms. The van der Waals surface area contributed by atoms with Gasteiger partial charge in [0.15, 0.2) is 0 Å². The van der Waals surface area contributed by atoms with Crippen molar-refractivity contribution in [3.05, 3.63) is 0 Å². The van der Waals surface area contributed by atoms with E-state index >= 15 is 0 Å². The maximum Gasteiger partial charge on any atom is 0.335 e. The Morgan fingerprint density at radius 1 is 1.22 bits per heavy atom. The van der Waals surface area contributed by atoms with E-state index in [2.05, 4.69) is 18.8 Å². The first kappa shape index (κ1) is 18.0. The average molecular weight is 277 g/mol. The van der Waals surface area contributed by atoms with Gasteiger partial charge in [0.05, 0.1) is 0 Å². The molecule has 0 radical (unpaired) electrons. The molecule has 0 amide bonds. The van der Waals surface area contributed by atoms with Crippen molar-refractivity contribution in [1.29, 1.82) is 0 Å². The lowest BCUT2D eigenvalue weighted by Gasteiger charge is -2.30. The topological polar surface area (TPSA) is 82.5 Å². The van der Waals surface area contributed by atoms with Crippen LogP contribution in [0.3, 0.4) is 0 Å². The van der Waals surface area contributed by atoms with Crippen molar-refractivity contribution < 1.29 is 8.85 Å². The van der Waals surface area contributed by atoms with Crippen molar-refractivity contribution in [2.24, 2.45) is 11.5 Å². The van der Waals surface area contributed by atoms with Crippen molar-refractivity contribution >= 4 is 8.56 Å². The lowest BCUT2D eigenvalue weighted by atomic mass is 10.3. The molecule has 0 spiro atoms. The molecule has 0 bridgehead atoms. The van der Waals surface area contributed by atoms with Crippen LogP contribution in [-0.2, 0) is 8.85 Å². The maximum atomic E-state index is 6.15. The van der Waals surface area contributed by atoms with Gasteiger partial charge in [-0.05, 0) is 52.4 Å². The van der Waals surface area contributed by atoms with Crippen LogP contribution in [0.15, 0.2) is 0 Å². The molecule has 6 heteroatoms. The molecule has 0 saturated heterocycles. The third-order valence-electron chi connectivity index (χ3n) is 2.78. The molecule has 0 aromatic carbocycles. The van der Waals surface area contributed by atoms with Crippen molar-refractivity contribution in [1.82, 2.24) is 5.32 Å². The predicted molar refractivity (Wildman–Crippen MR) is 78.8 cm³/mol. The van der Waals surface area contributed by atoms with Gasteiger partial charge in [-0.15, -0.1) is 0 Å². The fraction of sp³-hybridized carbons (Fsp3) is 1.00. The molecule has 0 aromatic heterocycles. The lowest BCUT2D eigenvalue weighted by molar-refractivity contribution is 0.124. The van der Waals surface area contributed by atoms with Crippen LogP contribution in [-0.4, -0.2) is 47.5 Å². The maximum absolute atomic E-state index is 6.15. The minimum absolute atomic E-state index is 0.219. The normalized spacial score (nSPS) is 16.5. The molecule has 5 N–H and O–H groups in total. The molecule has 0 aliphatic heterocycles. The zero-order chi connectivity index (χ0) is 13.9. The first-order valence-corrected chi connectivity index (χ1v) is 9.53. The van der Waals surface area contributed by atoms with E-state index in [0.29, 0.717) is 19.7 Å². The quantitative estimate of drug-likeness (QED) is 0.363. The number of nitrogens with two attached hydrogens (primary N) is 2. The van der Waals surface area contributed by atoms with E-state index in [1.54, 1.807) is 0 Å². The highest BCUT2D eigenvalue weighted by Crippen LogP contribution is 2.18. The van der Waals surface area contributed by atoms with Crippen molar-refractivity contribution in [3.8, 4) is 0 Å². The smallest absolute Gasteiger partial charge is 0.335 e. The SMILES string of the molecule is CCO[Si](C)(CCCN)OC(C)CCNCCN. The van der Waals surface area contributed by atoms with Gasteiger partial charge in [-0.25, -0.2) is 0 Å². The summed E-state index contributed by atoms with van der Waals surface area (Å²) in [6.07, 6.45) is 2.18. The Bertz CT molecular complexity index is 198. The minimum atomic E-state index is -2.03. The van der Waals surface area contributed by atoms with Gasteiger partial charge in [-0.3, -0.25) is 0 Å². The minimum Gasteiger partial charge on any atom is -0.395 e. The first-order valence-electron chi connectivity index (χ1n) is 7.00. The number of hydrogen-bond acceptors (Lipinski definition) is 5. The standard InChI is InChI=1S/C12H31N3O2Si/c1-4-16-18(3,11-5-7-13)17-12(2)6-9-15-10-8-14/h12,15H,4-11,13-14H2,1-3H3. The third-order valence-corrected chi connectivity index (χ3v) is 5.85. The lowest BCUT2D eigenvalue weighted by Crippen LogP contribution is -2.42. The summed E-state index contributed by atoms with van der Waals surface area (Å²) in [5, 5.41) is 3.28. The van der Waals surface area contributed by atoms with Crippen LogP contribution in [0.2, 0.25) is 12.6 Å². The summed E-state index contributed by atoms with van der Waals surface area (Å²) >= 11 is 0. The Kier molecular flexibility index (Phi) is 10.9. The van der Waals surface area contributed by atoms with Crippen molar-refractivity contribution in [2.75, 3.05) is 32.8 Å². The van der Waals surface area contributed by atoms with Crippen LogP contribution in [0, 0.1) is 0 Å². The second-order valence-electron chi connectivity index (χ2n) is 4.71. The summed E-state index contributed by atoms with van der Waals surface area (Å²) in [7, 11) is -2.03. The second kappa shape index (κ2) is 10.9. The Balaban J connectivity index is 3.97. The summed E-state index contributed by atoms with van der Waals surface area (Å²) in [4.78, 5) is 0. The molecule has 0 aromatic rings. The van der Waals surface area contributed by atoms with Gasteiger partial charge in [0.1, 0.15) is 0 Å². The molecule has 2 atom stereocenters. The summed E-state index contributed by atoms with van der Waals surface area (Å²) in [6.45, 7) is 10.2. The average Bonchev–Trinajstić information content (AvgIpc) is 2.32. The summed E-state index contributed by atoms with van der Waals surface area (Å²) in [6, 6.07) is 0.970. The Morgan fingerprint density at radius 3 is 2.50 bits per heavy atom. The highest BCUT2D eigenvalue weighted by Gasteiger charge is 2.32. The molecule has 0 aliphatic rings. The molecule has 0 aliphatic carbocycles. The van der Waals surface area contributed by atoms with Crippen LogP contribution < -0.4 is 16.8 Å². The largest absolute Gasteiger partial charge is 0.395 e. The van der Waals surface area contributed by atoms with Crippen molar-refractivity contribution in [2.45, 2.75) is 45.4 Å². The molecular weight excluding hydrogens is 246 g/mol. The summed E-state index contributed by atoms with van der Waals surface area (Å²) in [5.74, 6) is 0. The number of rotatable bonds is 12. The second-order valence-corrected chi connectivity index (χ2v) is 8.01. The van der Waals surface area contributed by atoms with Crippen LogP contribution in [0.25, 0.3) is 0 Å². The molecule has 2 unspecified atom stereocenters. The molecule has 0 saturated carbocycles. The van der Waals surface area contributed by atoms with Gasteiger partial charge in [-0.2, -0.15) is 0 Å². The fourth-order valence-corrected chi connectivity index (χ4v) is 4.67. The van der Waals surface area contributed by atoms with E-state index < -0.39 is 8.56 Å². The van der Waals surface area contributed by atoms with E-state index in [9.17, 15) is 0 Å². The highest BCUT2D eigenvalue weighted by atomic mass is 28.4. The Morgan fingerprint density at radius 2 is 1.94 bits per heavy atom. The zero-order valence-electron chi connectivity index (χ0n) is 12.2. The van der Waals surface area contributed by atoms with Crippen molar-refractivity contribution in [3.63, 3.8) is 0 Å². The molecule has 0 fully saturated rings. The highest BCUT2D eigenvalue weighted by molar-refractivity contribution is 6.66. The van der Waals surface area contributed by atoms with E-state index in [0.717, 1.165) is 32.0 Å². The van der Waals surface area contributed by atoms with E-state index in [1.165, 1.54) is 0 Å². The molecular formula is C12H31N3O2Si. The Hall–Kier alpha value is 0.0169. The summed E-state index contributed by atoms with van der Waals surface area (Å²) in [5.41, 5.74) is 11.0. The monoisotopic (exact) mass is 277 g/mol. The van der Waals surface area contributed by atoms with E-state index in [-0.39, 0.29) is 6.10 Å². The number of hydrogen-bond donors (Lipinski definition) is 3. The van der Waals surface area contributed by atoms with Crippen LogP contribution in [0.5, 0.6) is 0 Å². The number of nitrogens with one attached hydrogen (secondary N) is 1. The zero-order valence-corrected chi connectivity index (χ0v) is 13.2. The van der Waals surface area contributed by atoms with Gasteiger partial charge in [0.25, 0.3) is 0 Å². The molecule has 0 rings (SSSR count). The predicted octanol–water partition coefficient (Wildman–Crippen LogP) is 0.787. The van der Waals surface area contributed by atoms with Crippen LogP contribution >= 0.6 is 0 Å². The van der Waals surface area contributed by atoms with Crippen LogP contribution in [0.4, 0.5) is 0 Å². The van der Waals surface area contributed by atoms with Gasteiger partial charge >= 0.3 is 8.56 Å². The van der Waals surface area contributed by atoms with Crippen LogP contribution in [0.1, 0.15) is 26.7 Å². The third kappa shape index (κ3) is 9.01. The van der Waals surface area contributed by atoms with Gasteiger partial charge in [0, 0.05) is 25.8 Å². The van der Waals surface area contributed by atoms with E-state index in [1.807, 2.05) is 6.92 Å². The van der Waals surface area contributed by atoms with Gasteiger partial charge in [-0.1, -0.05) is 0 Å². The van der Waals surface area contributed by atoms with E-state index in [4.69, 9.17) is 20.3 Å². The fourth-order valence-electron chi connectivity index (χ4n) is 1.91. The molecule has 5 nitrogen and oxygen atoms in total. The van der Waals surface area contributed by atoms with Gasteiger partial charge in [0.2, 0.25) is 0 Å². The molecule has 110 valence electrons. The first-order chi connectivity index (χ1) is 8.58. The molecule has 0 heterocycles.